The number of carboxylic acids is 1. The van der Waals surface area contributed by atoms with Crippen molar-refractivity contribution in [2.75, 3.05) is 14.2 Å². The van der Waals surface area contributed by atoms with Crippen molar-refractivity contribution >= 4 is 5.97 Å². The largest absolute Gasteiger partial charge is 0.494 e. The summed E-state index contributed by atoms with van der Waals surface area (Å²) in [6, 6.07) is 1.09. The third-order valence-electron chi connectivity index (χ3n) is 4.17. The Hall–Kier alpha value is -1.85. The van der Waals surface area contributed by atoms with E-state index in [1.54, 1.807) is 0 Å². The molecule has 0 amide bonds. The van der Waals surface area contributed by atoms with Crippen LogP contribution in [0.25, 0.3) is 0 Å². The summed E-state index contributed by atoms with van der Waals surface area (Å²) in [4.78, 5) is 11.8. The van der Waals surface area contributed by atoms with Crippen LogP contribution in [0.2, 0.25) is 0 Å². The fourth-order valence-corrected chi connectivity index (χ4v) is 3.03. The molecule has 1 aliphatic carbocycles. The van der Waals surface area contributed by atoms with E-state index in [1.807, 2.05) is 0 Å². The molecule has 0 unspecified atom stereocenters. The van der Waals surface area contributed by atoms with Crippen molar-refractivity contribution in [3.05, 3.63) is 23.3 Å². The van der Waals surface area contributed by atoms with Crippen molar-refractivity contribution < 1.29 is 28.2 Å². The first-order valence-electron chi connectivity index (χ1n) is 6.81. The Morgan fingerprint density at radius 1 is 1.10 bits per heavy atom. The van der Waals surface area contributed by atoms with Crippen LogP contribution < -0.4 is 9.47 Å². The highest BCUT2D eigenvalue weighted by Gasteiger charge is 2.46. The van der Waals surface area contributed by atoms with Gasteiger partial charge in [0.1, 0.15) is 0 Å². The second-order valence-electron chi connectivity index (χ2n) is 5.23. The number of hydrogen-bond acceptors (Lipinski definition) is 3. The molecule has 1 aromatic carbocycles. The van der Waals surface area contributed by atoms with Gasteiger partial charge in [0.15, 0.2) is 23.1 Å². The van der Waals surface area contributed by atoms with Gasteiger partial charge in [0.2, 0.25) is 0 Å². The Morgan fingerprint density at radius 2 is 1.57 bits per heavy atom. The van der Waals surface area contributed by atoms with E-state index in [4.69, 9.17) is 9.47 Å². The van der Waals surface area contributed by atoms with Crippen molar-refractivity contribution in [2.45, 2.75) is 37.5 Å². The Labute approximate surface area is 121 Å². The fraction of sp³-hybridized carbons (Fsp3) is 0.533. The molecule has 1 N–H and O–H groups in total. The van der Waals surface area contributed by atoms with Crippen LogP contribution in [-0.2, 0) is 10.2 Å². The molecule has 116 valence electrons. The van der Waals surface area contributed by atoms with E-state index in [9.17, 15) is 18.7 Å². The van der Waals surface area contributed by atoms with E-state index in [0.29, 0.717) is 12.8 Å². The lowest BCUT2D eigenvalue weighted by atomic mass is 9.69. The minimum Gasteiger partial charge on any atom is -0.494 e. The standard InChI is InChI=1S/C15H18F2O4/c1-20-9-8-10(21-2)13(17)11(12(9)16)15(14(18)19)6-4-3-5-7-15/h8H,3-7H2,1-2H3,(H,18,19). The molecule has 1 fully saturated rings. The van der Waals surface area contributed by atoms with E-state index in [-0.39, 0.29) is 24.3 Å². The topological polar surface area (TPSA) is 55.8 Å². The molecule has 1 saturated carbocycles. The molecule has 6 heteroatoms. The Kier molecular flexibility index (Phi) is 4.34. The van der Waals surface area contributed by atoms with Crippen LogP contribution in [0.15, 0.2) is 6.07 Å². The zero-order chi connectivity index (χ0) is 15.6. The molecular weight excluding hydrogens is 282 g/mol. The normalized spacial score (nSPS) is 17.3. The van der Waals surface area contributed by atoms with Crippen LogP contribution >= 0.6 is 0 Å². The zero-order valence-electron chi connectivity index (χ0n) is 12.0. The van der Waals surface area contributed by atoms with Crippen LogP contribution in [0.4, 0.5) is 8.78 Å². The summed E-state index contributed by atoms with van der Waals surface area (Å²) < 4.78 is 38.9. The molecule has 0 radical (unpaired) electrons. The van der Waals surface area contributed by atoms with Gasteiger partial charge in [-0.2, -0.15) is 0 Å². The second-order valence-corrected chi connectivity index (χ2v) is 5.23. The SMILES string of the molecule is COc1cc(OC)c(F)c(C2(C(=O)O)CCCCC2)c1F. The molecule has 0 saturated heterocycles. The van der Waals surface area contributed by atoms with E-state index in [2.05, 4.69) is 0 Å². The molecule has 0 aliphatic heterocycles. The van der Waals surface area contributed by atoms with Gasteiger partial charge in [0.25, 0.3) is 0 Å². The Balaban J connectivity index is 2.72. The molecule has 0 heterocycles. The summed E-state index contributed by atoms with van der Waals surface area (Å²) in [5.74, 6) is -3.56. The van der Waals surface area contributed by atoms with Crippen LogP contribution in [0, 0.1) is 11.6 Å². The maximum Gasteiger partial charge on any atom is 0.314 e. The molecular formula is C15H18F2O4. The third-order valence-corrected chi connectivity index (χ3v) is 4.17. The van der Waals surface area contributed by atoms with Crippen molar-refractivity contribution in [2.24, 2.45) is 0 Å². The fourth-order valence-electron chi connectivity index (χ4n) is 3.03. The number of rotatable bonds is 4. The molecule has 1 aliphatic rings. The molecule has 1 aromatic rings. The first kappa shape index (κ1) is 15.5. The summed E-state index contributed by atoms with van der Waals surface area (Å²) in [5, 5.41) is 9.60. The highest BCUT2D eigenvalue weighted by Crippen LogP contribution is 2.45. The summed E-state index contributed by atoms with van der Waals surface area (Å²) in [7, 11) is 2.49. The van der Waals surface area contributed by atoms with Gasteiger partial charge >= 0.3 is 5.97 Å². The first-order chi connectivity index (χ1) is 9.97. The predicted molar refractivity (Wildman–Crippen MR) is 71.9 cm³/mol. The average molecular weight is 300 g/mol. The minimum atomic E-state index is -1.56. The maximum absolute atomic E-state index is 14.6. The molecule has 0 atom stereocenters. The Bertz CT molecular complexity index is 523. The summed E-state index contributed by atoms with van der Waals surface area (Å²) >= 11 is 0. The highest BCUT2D eigenvalue weighted by atomic mass is 19.1. The predicted octanol–water partition coefficient (Wildman–Crippen LogP) is 3.27. The lowest BCUT2D eigenvalue weighted by Crippen LogP contribution is -2.39. The van der Waals surface area contributed by atoms with E-state index in [0.717, 1.165) is 12.5 Å². The number of methoxy groups -OCH3 is 2. The number of hydrogen-bond donors (Lipinski definition) is 1. The number of ether oxygens (including phenoxy) is 2. The zero-order valence-corrected chi connectivity index (χ0v) is 12.0. The van der Waals surface area contributed by atoms with Crippen LogP contribution in [0.3, 0.4) is 0 Å². The van der Waals surface area contributed by atoms with Crippen molar-refractivity contribution in [3.63, 3.8) is 0 Å². The van der Waals surface area contributed by atoms with Crippen molar-refractivity contribution in [1.29, 1.82) is 0 Å². The van der Waals surface area contributed by atoms with Crippen LogP contribution in [0.1, 0.15) is 37.7 Å². The summed E-state index contributed by atoms with van der Waals surface area (Å²) in [6.45, 7) is 0. The van der Waals surface area contributed by atoms with E-state index >= 15 is 0 Å². The van der Waals surface area contributed by atoms with Gasteiger partial charge in [0.05, 0.1) is 19.6 Å². The first-order valence-corrected chi connectivity index (χ1v) is 6.81. The third kappa shape index (κ3) is 2.43. The number of carbonyl (C=O) groups is 1. The van der Waals surface area contributed by atoms with Crippen molar-refractivity contribution in [1.82, 2.24) is 0 Å². The summed E-state index contributed by atoms with van der Waals surface area (Å²) in [6.07, 6.45) is 2.49. The molecule has 2 rings (SSSR count). The maximum atomic E-state index is 14.6. The monoisotopic (exact) mass is 300 g/mol. The number of halogens is 2. The van der Waals surface area contributed by atoms with Gasteiger partial charge in [-0.1, -0.05) is 19.3 Å². The van der Waals surface area contributed by atoms with Gasteiger partial charge in [-0.05, 0) is 12.8 Å². The summed E-state index contributed by atoms with van der Waals surface area (Å²) in [5.41, 5.74) is -2.01. The quantitative estimate of drug-likeness (QED) is 0.927. The molecule has 0 spiro atoms. The van der Waals surface area contributed by atoms with Gasteiger partial charge in [-0.25, -0.2) is 8.78 Å². The van der Waals surface area contributed by atoms with E-state index < -0.39 is 28.6 Å². The number of benzene rings is 1. The van der Waals surface area contributed by atoms with Crippen LogP contribution in [0.5, 0.6) is 11.5 Å². The number of aliphatic carboxylic acids is 1. The second kappa shape index (κ2) is 5.87. The van der Waals surface area contributed by atoms with Gasteiger partial charge in [-0.3, -0.25) is 4.79 Å². The molecule has 0 aromatic heterocycles. The molecule has 21 heavy (non-hydrogen) atoms. The molecule has 0 bridgehead atoms. The minimum absolute atomic E-state index is 0.201. The Morgan fingerprint density at radius 3 is 1.95 bits per heavy atom. The molecule has 4 nitrogen and oxygen atoms in total. The van der Waals surface area contributed by atoms with Crippen molar-refractivity contribution in [3.8, 4) is 11.5 Å². The van der Waals surface area contributed by atoms with Crippen LogP contribution in [-0.4, -0.2) is 25.3 Å². The lowest BCUT2D eigenvalue weighted by Gasteiger charge is -2.34. The smallest absolute Gasteiger partial charge is 0.314 e. The van der Waals surface area contributed by atoms with E-state index in [1.165, 1.54) is 14.2 Å². The highest BCUT2D eigenvalue weighted by molar-refractivity contribution is 5.82. The number of carboxylic acid groups (broad SMARTS) is 1. The van der Waals surface area contributed by atoms with Gasteiger partial charge in [-0.15, -0.1) is 0 Å². The lowest BCUT2D eigenvalue weighted by molar-refractivity contribution is -0.145. The van der Waals surface area contributed by atoms with Gasteiger partial charge < -0.3 is 14.6 Å². The average Bonchev–Trinajstić information content (AvgIpc) is 2.48. The van der Waals surface area contributed by atoms with Gasteiger partial charge in [0, 0.05) is 11.6 Å².